The molecule has 0 aromatic heterocycles. The highest BCUT2D eigenvalue weighted by molar-refractivity contribution is 4.69. The molecule has 0 aromatic rings. The van der Waals surface area contributed by atoms with E-state index in [9.17, 15) is 0 Å². The van der Waals surface area contributed by atoms with E-state index in [1.807, 2.05) is 0 Å². The smallest absolute Gasteiger partial charge is 0.00168 e. The van der Waals surface area contributed by atoms with Gasteiger partial charge in [0.25, 0.3) is 0 Å². The Morgan fingerprint density at radius 2 is 1.69 bits per heavy atom. The molecule has 0 N–H and O–H groups in total. The molecule has 0 spiro atoms. The lowest BCUT2D eigenvalue weighted by atomic mass is 9.84. The van der Waals surface area contributed by atoms with Gasteiger partial charge in [0.05, 0.1) is 0 Å². The highest BCUT2D eigenvalue weighted by atomic mass is 15.1. The van der Waals surface area contributed by atoms with Crippen molar-refractivity contribution in [3.05, 3.63) is 0 Å². The number of unbranched alkanes of at least 4 members (excludes halogenated alkanes) is 1. The van der Waals surface area contributed by atoms with Crippen molar-refractivity contribution in [1.82, 2.24) is 4.90 Å². The molecule has 0 amide bonds. The van der Waals surface area contributed by atoms with Gasteiger partial charge in [0, 0.05) is 0 Å². The maximum Gasteiger partial charge on any atom is -0.00168 e. The average molecular weight is 185 g/mol. The molecule has 0 saturated carbocycles. The fourth-order valence-corrected chi connectivity index (χ4v) is 1.43. The lowest BCUT2D eigenvalue weighted by molar-refractivity contribution is 0.237. The van der Waals surface area contributed by atoms with Gasteiger partial charge in [-0.15, -0.1) is 0 Å². The van der Waals surface area contributed by atoms with Gasteiger partial charge in [-0.2, -0.15) is 0 Å². The van der Waals surface area contributed by atoms with Crippen LogP contribution < -0.4 is 0 Å². The van der Waals surface area contributed by atoms with Crippen molar-refractivity contribution in [3.8, 4) is 0 Å². The third kappa shape index (κ3) is 7.06. The van der Waals surface area contributed by atoms with Crippen LogP contribution in [0.15, 0.2) is 0 Å². The molecule has 0 saturated heterocycles. The number of nitrogens with zero attached hydrogens (tertiary/aromatic N) is 1. The van der Waals surface area contributed by atoms with Crippen molar-refractivity contribution in [2.75, 3.05) is 20.1 Å². The number of hydrogen-bond donors (Lipinski definition) is 0. The minimum absolute atomic E-state index is 0.541. The average Bonchev–Trinajstić information content (AvgIpc) is 2.11. The van der Waals surface area contributed by atoms with E-state index in [1.54, 1.807) is 0 Å². The Kier molecular flexibility index (Phi) is 6.40. The Morgan fingerprint density at radius 1 is 1.08 bits per heavy atom. The largest absolute Gasteiger partial charge is 0.307 e. The molecular formula is C12H27N. The van der Waals surface area contributed by atoms with Crippen LogP contribution in [0.3, 0.4) is 0 Å². The highest BCUT2D eigenvalue weighted by Gasteiger charge is 2.16. The summed E-state index contributed by atoms with van der Waals surface area (Å²) < 4.78 is 0. The zero-order chi connectivity index (χ0) is 10.3. The summed E-state index contributed by atoms with van der Waals surface area (Å²) in [6.07, 6.45) is 5.41. The van der Waals surface area contributed by atoms with E-state index < -0.39 is 0 Å². The molecule has 0 aliphatic carbocycles. The second-order valence-electron chi connectivity index (χ2n) is 4.91. The molecule has 0 radical (unpaired) electrons. The Morgan fingerprint density at radius 3 is 2.15 bits per heavy atom. The Hall–Kier alpha value is -0.0400. The quantitative estimate of drug-likeness (QED) is 0.586. The third-order valence-corrected chi connectivity index (χ3v) is 2.92. The van der Waals surface area contributed by atoms with Gasteiger partial charge in [0.15, 0.2) is 0 Å². The van der Waals surface area contributed by atoms with Crippen molar-refractivity contribution < 1.29 is 0 Å². The third-order valence-electron chi connectivity index (χ3n) is 2.92. The maximum absolute atomic E-state index is 2.40. The first-order valence-electron chi connectivity index (χ1n) is 5.70. The predicted octanol–water partition coefficient (Wildman–Crippen LogP) is 3.54. The van der Waals surface area contributed by atoms with Gasteiger partial charge >= 0.3 is 0 Å². The van der Waals surface area contributed by atoms with Crippen LogP contribution in [0.1, 0.15) is 53.4 Å². The summed E-state index contributed by atoms with van der Waals surface area (Å²) in [4.78, 5) is 2.40. The van der Waals surface area contributed by atoms with Gasteiger partial charge < -0.3 is 4.90 Å². The summed E-state index contributed by atoms with van der Waals surface area (Å²) in [5.41, 5.74) is 0.541. The minimum atomic E-state index is 0.541. The van der Waals surface area contributed by atoms with Crippen LogP contribution in [-0.4, -0.2) is 25.0 Å². The zero-order valence-corrected chi connectivity index (χ0v) is 10.2. The van der Waals surface area contributed by atoms with Gasteiger partial charge in [-0.1, -0.05) is 40.5 Å². The zero-order valence-electron chi connectivity index (χ0n) is 10.2. The fourth-order valence-electron chi connectivity index (χ4n) is 1.43. The molecule has 0 aliphatic rings. The lowest BCUT2D eigenvalue weighted by Crippen LogP contribution is -2.24. The van der Waals surface area contributed by atoms with E-state index in [4.69, 9.17) is 0 Å². The van der Waals surface area contributed by atoms with E-state index in [0.29, 0.717) is 5.41 Å². The van der Waals surface area contributed by atoms with E-state index >= 15 is 0 Å². The minimum Gasteiger partial charge on any atom is -0.307 e. The standard InChI is InChI=1S/C12H27N/c1-6-8-9-12(3,4)10-11-13(5)7-2/h6-11H2,1-5H3. The molecule has 0 rings (SSSR count). The molecule has 0 unspecified atom stereocenters. The Bertz CT molecular complexity index is 118. The van der Waals surface area contributed by atoms with Gasteiger partial charge in [0.1, 0.15) is 0 Å². The van der Waals surface area contributed by atoms with Crippen LogP contribution in [0.4, 0.5) is 0 Å². The molecule has 0 aromatic carbocycles. The molecular weight excluding hydrogens is 158 g/mol. The second-order valence-corrected chi connectivity index (χ2v) is 4.91. The van der Waals surface area contributed by atoms with E-state index in [1.165, 1.54) is 38.8 Å². The lowest BCUT2D eigenvalue weighted by Gasteiger charge is -2.27. The maximum atomic E-state index is 2.40. The second kappa shape index (κ2) is 6.42. The van der Waals surface area contributed by atoms with E-state index in [2.05, 4.69) is 39.6 Å². The molecule has 0 fully saturated rings. The summed E-state index contributed by atoms with van der Waals surface area (Å²) in [5, 5.41) is 0. The highest BCUT2D eigenvalue weighted by Crippen LogP contribution is 2.27. The summed E-state index contributed by atoms with van der Waals surface area (Å²) in [7, 11) is 2.20. The van der Waals surface area contributed by atoms with Gasteiger partial charge in [-0.05, 0) is 38.4 Å². The van der Waals surface area contributed by atoms with E-state index in [0.717, 1.165) is 0 Å². The Labute approximate surface area is 84.5 Å². The van der Waals surface area contributed by atoms with Crippen LogP contribution in [-0.2, 0) is 0 Å². The summed E-state index contributed by atoms with van der Waals surface area (Å²) in [6.45, 7) is 11.7. The van der Waals surface area contributed by atoms with Crippen LogP contribution in [0.5, 0.6) is 0 Å². The summed E-state index contributed by atoms with van der Waals surface area (Å²) in [5.74, 6) is 0. The van der Waals surface area contributed by atoms with Crippen LogP contribution >= 0.6 is 0 Å². The molecule has 0 aliphatic heterocycles. The fraction of sp³-hybridized carbons (Fsp3) is 1.00. The monoisotopic (exact) mass is 185 g/mol. The van der Waals surface area contributed by atoms with Crippen molar-refractivity contribution >= 4 is 0 Å². The van der Waals surface area contributed by atoms with Crippen molar-refractivity contribution in [1.29, 1.82) is 0 Å². The number of rotatable bonds is 7. The van der Waals surface area contributed by atoms with E-state index in [-0.39, 0.29) is 0 Å². The van der Waals surface area contributed by atoms with Crippen LogP contribution in [0.25, 0.3) is 0 Å². The normalized spacial score (nSPS) is 12.5. The van der Waals surface area contributed by atoms with Crippen molar-refractivity contribution in [2.45, 2.75) is 53.4 Å². The molecule has 0 atom stereocenters. The molecule has 1 nitrogen and oxygen atoms in total. The van der Waals surface area contributed by atoms with Gasteiger partial charge in [-0.25, -0.2) is 0 Å². The number of hydrogen-bond acceptors (Lipinski definition) is 1. The van der Waals surface area contributed by atoms with Crippen LogP contribution in [0, 0.1) is 5.41 Å². The summed E-state index contributed by atoms with van der Waals surface area (Å²) >= 11 is 0. The van der Waals surface area contributed by atoms with Crippen molar-refractivity contribution in [2.24, 2.45) is 5.41 Å². The van der Waals surface area contributed by atoms with Crippen molar-refractivity contribution in [3.63, 3.8) is 0 Å². The molecule has 13 heavy (non-hydrogen) atoms. The van der Waals surface area contributed by atoms with Gasteiger partial charge in [-0.3, -0.25) is 0 Å². The topological polar surface area (TPSA) is 3.24 Å². The first-order valence-corrected chi connectivity index (χ1v) is 5.70. The molecule has 80 valence electrons. The first-order chi connectivity index (χ1) is 6.02. The summed E-state index contributed by atoms with van der Waals surface area (Å²) in [6, 6.07) is 0. The predicted molar refractivity (Wildman–Crippen MR) is 61.1 cm³/mol. The van der Waals surface area contributed by atoms with Gasteiger partial charge in [0.2, 0.25) is 0 Å². The SMILES string of the molecule is CCCCC(C)(C)CCN(C)CC. The first kappa shape index (κ1) is 13.0. The van der Waals surface area contributed by atoms with Crippen LogP contribution in [0.2, 0.25) is 0 Å². The molecule has 0 bridgehead atoms. The molecule has 0 heterocycles. The Balaban J connectivity index is 3.61. The molecule has 1 heteroatoms.